The van der Waals surface area contributed by atoms with Gasteiger partial charge in [-0.3, -0.25) is 9.59 Å². The summed E-state index contributed by atoms with van der Waals surface area (Å²) in [6, 6.07) is 8.64. The molecule has 2 aromatic rings. The molecule has 6 nitrogen and oxygen atoms in total. The predicted octanol–water partition coefficient (Wildman–Crippen LogP) is 1.39. The number of phenols is 1. The standard InChI is InChI=1S/C16H10O6/c17-11-6-13-12(21-7-22-13)5-10(11)16(20)14(18)8-3-1-2-4-9(8)15(16)19/h1-6,17,20H,7H2. The Kier molecular flexibility index (Phi) is 2.38. The van der Waals surface area contributed by atoms with Gasteiger partial charge in [0.2, 0.25) is 24.0 Å². The molecule has 2 N–H and O–H groups in total. The van der Waals surface area contributed by atoms with E-state index in [2.05, 4.69) is 0 Å². The molecule has 0 fully saturated rings. The summed E-state index contributed by atoms with van der Waals surface area (Å²) in [5.74, 6) is -1.37. The number of aliphatic hydroxyl groups is 1. The van der Waals surface area contributed by atoms with Crippen LogP contribution in [0.25, 0.3) is 0 Å². The zero-order valence-electron chi connectivity index (χ0n) is 11.2. The van der Waals surface area contributed by atoms with Gasteiger partial charge in [-0.05, 0) is 6.07 Å². The second kappa shape index (κ2) is 4.08. The first kappa shape index (κ1) is 12.8. The Morgan fingerprint density at radius 1 is 0.955 bits per heavy atom. The van der Waals surface area contributed by atoms with E-state index in [1.807, 2.05) is 0 Å². The topological polar surface area (TPSA) is 93.1 Å². The zero-order chi connectivity index (χ0) is 15.5. The van der Waals surface area contributed by atoms with Crippen molar-refractivity contribution in [2.45, 2.75) is 5.60 Å². The van der Waals surface area contributed by atoms with Crippen molar-refractivity contribution in [3.05, 3.63) is 53.1 Å². The van der Waals surface area contributed by atoms with Crippen molar-refractivity contribution in [1.82, 2.24) is 0 Å². The second-order valence-electron chi connectivity index (χ2n) is 5.14. The van der Waals surface area contributed by atoms with Gasteiger partial charge in [0, 0.05) is 22.8 Å². The van der Waals surface area contributed by atoms with Gasteiger partial charge in [0.15, 0.2) is 11.5 Å². The third kappa shape index (κ3) is 1.42. The van der Waals surface area contributed by atoms with Crippen molar-refractivity contribution in [3.63, 3.8) is 0 Å². The summed E-state index contributed by atoms with van der Waals surface area (Å²) in [6.45, 7) is -0.0290. The van der Waals surface area contributed by atoms with Gasteiger partial charge in [-0.1, -0.05) is 24.3 Å². The monoisotopic (exact) mass is 298 g/mol. The number of rotatable bonds is 1. The van der Waals surface area contributed by atoms with Crippen LogP contribution >= 0.6 is 0 Å². The van der Waals surface area contributed by atoms with E-state index in [0.29, 0.717) is 5.75 Å². The maximum absolute atomic E-state index is 12.5. The second-order valence-corrected chi connectivity index (χ2v) is 5.14. The molecule has 110 valence electrons. The number of ketones is 2. The Balaban J connectivity index is 1.94. The van der Waals surface area contributed by atoms with Crippen LogP contribution in [0.1, 0.15) is 26.3 Å². The van der Waals surface area contributed by atoms with Crippen LogP contribution < -0.4 is 9.47 Å². The van der Waals surface area contributed by atoms with Crippen LogP contribution in [0.4, 0.5) is 0 Å². The minimum absolute atomic E-state index is 0.0290. The van der Waals surface area contributed by atoms with Gasteiger partial charge < -0.3 is 19.7 Å². The van der Waals surface area contributed by atoms with Crippen LogP contribution in [0.2, 0.25) is 0 Å². The van der Waals surface area contributed by atoms with Gasteiger partial charge in [-0.25, -0.2) is 0 Å². The molecule has 1 aliphatic carbocycles. The lowest BCUT2D eigenvalue weighted by atomic mass is 9.88. The summed E-state index contributed by atoms with van der Waals surface area (Å²) < 4.78 is 10.3. The summed E-state index contributed by atoms with van der Waals surface area (Å²) >= 11 is 0. The molecular weight excluding hydrogens is 288 g/mol. The first-order valence-corrected chi connectivity index (χ1v) is 6.57. The molecule has 0 saturated carbocycles. The minimum Gasteiger partial charge on any atom is -0.507 e. The van der Waals surface area contributed by atoms with Crippen molar-refractivity contribution in [3.8, 4) is 17.2 Å². The highest BCUT2D eigenvalue weighted by Crippen LogP contribution is 2.46. The lowest BCUT2D eigenvalue weighted by Gasteiger charge is -2.21. The summed E-state index contributed by atoms with van der Waals surface area (Å²) in [6.07, 6.45) is 0. The molecule has 22 heavy (non-hydrogen) atoms. The third-order valence-corrected chi connectivity index (χ3v) is 3.95. The van der Waals surface area contributed by atoms with Gasteiger partial charge in [0.1, 0.15) is 5.75 Å². The molecule has 0 amide bonds. The highest BCUT2D eigenvalue weighted by molar-refractivity contribution is 6.32. The number of aromatic hydroxyl groups is 1. The quantitative estimate of drug-likeness (QED) is 0.773. The molecule has 6 heteroatoms. The summed E-state index contributed by atoms with van der Waals surface area (Å²) in [5, 5.41) is 20.9. The lowest BCUT2D eigenvalue weighted by Crippen LogP contribution is -2.38. The van der Waals surface area contributed by atoms with Gasteiger partial charge in [-0.2, -0.15) is 0 Å². The van der Waals surface area contributed by atoms with Crippen LogP contribution in [0, 0.1) is 0 Å². The maximum Gasteiger partial charge on any atom is 0.231 e. The number of hydrogen-bond acceptors (Lipinski definition) is 6. The maximum atomic E-state index is 12.5. The molecule has 0 atom stereocenters. The normalized spacial score (nSPS) is 17.7. The molecule has 4 rings (SSSR count). The van der Waals surface area contributed by atoms with Gasteiger partial charge in [-0.15, -0.1) is 0 Å². The Hall–Kier alpha value is -2.86. The van der Waals surface area contributed by atoms with Gasteiger partial charge in [0.25, 0.3) is 0 Å². The number of hydrogen-bond donors (Lipinski definition) is 2. The van der Waals surface area contributed by atoms with Crippen LogP contribution in [0.3, 0.4) is 0 Å². The molecule has 0 unspecified atom stereocenters. The molecule has 0 saturated heterocycles. The van der Waals surface area contributed by atoms with Crippen LogP contribution in [-0.4, -0.2) is 28.6 Å². The molecule has 1 heterocycles. The Labute approximate surface area is 124 Å². The molecule has 2 aliphatic rings. The Morgan fingerprint density at radius 2 is 1.50 bits per heavy atom. The lowest BCUT2D eigenvalue weighted by molar-refractivity contribution is 0.0312. The predicted molar refractivity (Wildman–Crippen MR) is 73.2 cm³/mol. The average Bonchev–Trinajstić information content (AvgIpc) is 3.05. The van der Waals surface area contributed by atoms with Crippen molar-refractivity contribution in [2.24, 2.45) is 0 Å². The average molecular weight is 298 g/mol. The fraction of sp³-hybridized carbons (Fsp3) is 0.125. The fourth-order valence-corrected chi connectivity index (χ4v) is 2.84. The van der Waals surface area contributed by atoms with E-state index in [1.165, 1.54) is 24.3 Å². The van der Waals surface area contributed by atoms with E-state index in [9.17, 15) is 19.8 Å². The molecule has 0 radical (unpaired) electrons. The van der Waals surface area contributed by atoms with E-state index in [4.69, 9.17) is 9.47 Å². The van der Waals surface area contributed by atoms with E-state index >= 15 is 0 Å². The molecule has 0 spiro atoms. The largest absolute Gasteiger partial charge is 0.507 e. The smallest absolute Gasteiger partial charge is 0.231 e. The van der Waals surface area contributed by atoms with Crippen molar-refractivity contribution >= 4 is 11.6 Å². The highest BCUT2D eigenvalue weighted by atomic mass is 16.7. The SMILES string of the molecule is O=C1c2ccccc2C(=O)C1(O)c1cc2c(cc1O)OCO2. The summed E-state index contributed by atoms with van der Waals surface area (Å²) in [5.41, 5.74) is -2.39. The zero-order valence-corrected chi connectivity index (χ0v) is 11.2. The number of carbonyl (C=O) groups excluding carboxylic acids is 2. The molecular formula is C16H10O6. The summed E-state index contributed by atoms with van der Waals surface area (Å²) in [4.78, 5) is 25.1. The first-order chi connectivity index (χ1) is 10.5. The molecule has 0 bridgehead atoms. The van der Waals surface area contributed by atoms with Crippen molar-refractivity contribution in [1.29, 1.82) is 0 Å². The minimum atomic E-state index is -2.45. The molecule has 2 aromatic carbocycles. The van der Waals surface area contributed by atoms with E-state index in [0.717, 1.165) is 0 Å². The highest BCUT2D eigenvalue weighted by Gasteiger charge is 2.54. The number of carbonyl (C=O) groups is 2. The van der Waals surface area contributed by atoms with Crippen LogP contribution in [0.5, 0.6) is 17.2 Å². The van der Waals surface area contributed by atoms with E-state index in [-0.39, 0.29) is 29.2 Å². The van der Waals surface area contributed by atoms with Crippen LogP contribution in [0.15, 0.2) is 36.4 Å². The third-order valence-electron chi connectivity index (χ3n) is 3.95. The summed E-state index contributed by atoms with van der Waals surface area (Å²) in [7, 11) is 0. The first-order valence-electron chi connectivity index (χ1n) is 6.57. The molecule has 1 aliphatic heterocycles. The fourth-order valence-electron chi connectivity index (χ4n) is 2.84. The number of benzene rings is 2. The van der Waals surface area contributed by atoms with Crippen molar-refractivity contribution in [2.75, 3.05) is 6.79 Å². The number of phenolic OH excluding ortho intramolecular Hbond substituents is 1. The Morgan fingerprint density at radius 3 is 2.09 bits per heavy atom. The van der Waals surface area contributed by atoms with Crippen LogP contribution in [-0.2, 0) is 5.60 Å². The number of Topliss-reactive ketones (excluding diaryl/α,β-unsaturated/α-hetero) is 2. The number of ether oxygens (including phenoxy) is 2. The Bertz CT molecular complexity index is 804. The number of fused-ring (bicyclic) bond motifs is 2. The molecule has 0 aromatic heterocycles. The van der Waals surface area contributed by atoms with Crippen molar-refractivity contribution < 1.29 is 29.3 Å². The van der Waals surface area contributed by atoms with E-state index in [1.54, 1.807) is 12.1 Å². The van der Waals surface area contributed by atoms with Gasteiger partial charge >= 0.3 is 0 Å². The van der Waals surface area contributed by atoms with Gasteiger partial charge in [0.05, 0.1) is 0 Å². The van der Waals surface area contributed by atoms with E-state index < -0.39 is 22.9 Å².